The Morgan fingerprint density at radius 1 is 0.633 bits per heavy atom. The molecule has 0 unspecified atom stereocenters. The number of para-hydroxylation sites is 2. The second-order valence-electron chi connectivity index (χ2n) is 6.97. The lowest BCUT2D eigenvalue weighted by atomic mass is 10.1. The van der Waals surface area contributed by atoms with Gasteiger partial charge in [0, 0.05) is 39.7 Å². The van der Waals surface area contributed by atoms with Gasteiger partial charge in [-0.05, 0) is 48.5 Å². The van der Waals surface area contributed by atoms with Gasteiger partial charge in [0.15, 0.2) is 0 Å². The van der Waals surface area contributed by atoms with Gasteiger partial charge in [0.25, 0.3) is 5.69 Å². The second kappa shape index (κ2) is 7.23. The highest BCUT2D eigenvalue weighted by atomic mass is 16.6. The lowest BCUT2D eigenvalue weighted by Crippen LogP contribution is -1.93. The normalized spacial score (nSPS) is 10.7. The van der Waals surface area contributed by atoms with Crippen molar-refractivity contribution in [2.45, 2.75) is 0 Å². The van der Waals surface area contributed by atoms with E-state index in [9.17, 15) is 10.1 Å². The van der Waals surface area contributed by atoms with Crippen LogP contribution in [0.1, 0.15) is 11.1 Å². The number of fused-ring (bicyclic) bond motifs is 3. The van der Waals surface area contributed by atoms with Gasteiger partial charge < -0.3 is 4.57 Å². The summed E-state index contributed by atoms with van der Waals surface area (Å²) >= 11 is 0. The number of non-ortho nitro benzene ring substituents is 1. The number of nitro benzene ring substituents is 1. The van der Waals surface area contributed by atoms with Crippen molar-refractivity contribution in [2.24, 2.45) is 0 Å². The molecule has 0 fully saturated rings. The molecular weight excluding hydrogens is 372 g/mol. The molecule has 1 heterocycles. The summed E-state index contributed by atoms with van der Waals surface area (Å²) in [6.45, 7) is 0. The Bertz CT molecular complexity index is 1400. The summed E-state index contributed by atoms with van der Waals surface area (Å²) < 4.78 is 2.26. The van der Waals surface area contributed by atoms with Crippen molar-refractivity contribution >= 4 is 27.5 Å². The fraction of sp³-hybridized carbons (Fsp3) is 0. The molecule has 0 aliphatic heterocycles. The van der Waals surface area contributed by atoms with Crippen LogP contribution in [0.5, 0.6) is 0 Å². The van der Waals surface area contributed by atoms with Gasteiger partial charge in [-0.25, -0.2) is 0 Å². The molecule has 0 radical (unpaired) electrons. The van der Waals surface area contributed by atoms with Crippen molar-refractivity contribution < 1.29 is 4.92 Å². The Morgan fingerprint density at radius 2 is 1.10 bits per heavy atom. The van der Waals surface area contributed by atoms with E-state index in [2.05, 4.69) is 77.1 Å². The molecule has 0 saturated carbocycles. The lowest BCUT2D eigenvalue weighted by molar-refractivity contribution is -0.384. The van der Waals surface area contributed by atoms with Crippen LogP contribution in [0.2, 0.25) is 0 Å². The molecule has 30 heavy (non-hydrogen) atoms. The van der Waals surface area contributed by atoms with Gasteiger partial charge in [0.05, 0.1) is 16.0 Å². The Hall–Kier alpha value is -4.36. The minimum absolute atomic E-state index is 0.0658. The molecule has 5 aromatic rings. The molecule has 5 rings (SSSR count). The van der Waals surface area contributed by atoms with Crippen LogP contribution in [0.15, 0.2) is 97.1 Å². The number of nitro groups is 1. The van der Waals surface area contributed by atoms with E-state index in [-0.39, 0.29) is 5.69 Å². The maximum Gasteiger partial charge on any atom is 0.269 e. The van der Waals surface area contributed by atoms with E-state index in [1.807, 2.05) is 12.1 Å². The number of nitrogens with zero attached hydrogens (tertiary/aromatic N) is 2. The maximum atomic E-state index is 10.8. The number of hydrogen-bond acceptors (Lipinski definition) is 2. The third-order valence-electron chi connectivity index (χ3n) is 5.13. The Labute approximate surface area is 173 Å². The summed E-state index contributed by atoms with van der Waals surface area (Å²) in [4.78, 5) is 10.3. The highest BCUT2D eigenvalue weighted by molar-refractivity contribution is 6.09. The van der Waals surface area contributed by atoms with Gasteiger partial charge in [-0.2, -0.15) is 0 Å². The van der Waals surface area contributed by atoms with Crippen molar-refractivity contribution in [3.05, 3.63) is 118 Å². The van der Waals surface area contributed by atoms with Gasteiger partial charge in [-0.1, -0.05) is 48.2 Å². The minimum Gasteiger partial charge on any atom is -0.309 e. The maximum absolute atomic E-state index is 10.8. The van der Waals surface area contributed by atoms with Crippen LogP contribution in [0.25, 0.3) is 27.5 Å². The molecule has 4 nitrogen and oxygen atoms in total. The highest BCUT2D eigenvalue weighted by Gasteiger charge is 2.10. The van der Waals surface area contributed by atoms with Crippen molar-refractivity contribution in [3.8, 4) is 17.5 Å². The van der Waals surface area contributed by atoms with Crippen LogP contribution < -0.4 is 0 Å². The smallest absolute Gasteiger partial charge is 0.269 e. The van der Waals surface area contributed by atoms with Crippen LogP contribution in [0, 0.1) is 22.0 Å². The fourth-order valence-electron chi connectivity index (χ4n) is 3.71. The molecule has 1 aromatic heterocycles. The lowest BCUT2D eigenvalue weighted by Gasteiger charge is -2.07. The quantitative estimate of drug-likeness (QED) is 0.209. The molecule has 0 atom stereocenters. The van der Waals surface area contributed by atoms with Gasteiger partial charge in [0.2, 0.25) is 0 Å². The van der Waals surface area contributed by atoms with E-state index in [0.717, 1.165) is 16.8 Å². The molecule has 0 amide bonds. The summed E-state index contributed by atoms with van der Waals surface area (Å²) in [6.07, 6.45) is 0. The van der Waals surface area contributed by atoms with Gasteiger partial charge >= 0.3 is 0 Å². The first-order chi connectivity index (χ1) is 14.7. The first kappa shape index (κ1) is 17.7. The molecule has 4 aromatic carbocycles. The van der Waals surface area contributed by atoms with E-state index >= 15 is 0 Å². The van der Waals surface area contributed by atoms with Crippen LogP contribution in [0.4, 0.5) is 5.69 Å². The molecule has 0 N–H and O–H groups in total. The molecular formula is C26H16N2O2. The standard InChI is InChI=1S/C26H16N2O2/c29-28(30)22-17-13-20(14-18-22)10-9-19-11-15-21(16-12-19)27-25-7-3-1-5-23(25)24-6-2-4-8-26(24)27/h1-8,11-18H. The van der Waals surface area contributed by atoms with Crippen LogP contribution in [-0.2, 0) is 0 Å². The van der Waals surface area contributed by atoms with Crippen LogP contribution in [0.3, 0.4) is 0 Å². The first-order valence-corrected chi connectivity index (χ1v) is 9.56. The summed E-state index contributed by atoms with van der Waals surface area (Å²) in [5.41, 5.74) is 5.11. The van der Waals surface area contributed by atoms with Crippen LogP contribution >= 0.6 is 0 Å². The third-order valence-corrected chi connectivity index (χ3v) is 5.13. The number of rotatable bonds is 2. The monoisotopic (exact) mass is 388 g/mol. The van der Waals surface area contributed by atoms with Crippen LogP contribution in [-0.4, -0.2) is 9.49 Å². The summed E-state index contributed by atoms with van der Waals surface area (Å²) in [5, 5.41) is 13.2. The molecule has 0 spiro atoms. The Morgan fingerprint density at radius 3 is 1.60 bits per heavy atom. The number of hydrogen-bond donors (Lipinski definition) is 0. The van der Waals surface area contributed by atoms with E-state index in [1.165, 1.54) is 33.9 Å². The number of benzene rings is 4. The van der Waals surface area contributed by atoms with Crippen molar-refractivity contribution in [1.82, 2.24) is 4.57 Å². The summed E-state index contributed by atoms with van der Waals surface area (Å²) in [6, 6.07) is 31.2. The highest BCUT2D eigenvalue weighted by Crippen LogP contribution is 2.31. The second-order valence-corrected chi connectivity index (χ2v) is 6.97. The molecule has 4 heteroatoms. The molecule has 0 bridgehead atoms. The zero-order chi connectivity index (χ0) is 20.5. The fourth-order valence-corrected chi connectivity index (χ4v) is 3.71. The van der Waals surface area contributed by atoms with E-state index in [4.69, 9.17) is 0 Å². The van der Waals surface area contributed by atoms with Crippen molar-refractivity contribution in [3.63, 3.8) is 0 Å². The van der Waals surface area contributed by atoms with Gasteiger partial charge in [0.1, 0.15) is 0 Å². The van der Waals surface area contributed by atoms with E-state index < -0.39 is 4.92 Å². The zero-order valence-electron chi connectivity index (χ0n) is 15.9. The summed E-state index contributed by atoms with van der Waals surface area (Å²) in [7, 11) is 0. The SMILES string of the molecule is O=[N+]([O-])c1ccc(C#Cc2ccc(-n3c4ccccc4c4ccccc43)cc2)cc1. The summed E-state index contributed by atoms with van der Waals surface area (Å²) in [5.74, 6) is 6.19. The predicted molar refractivity (Wildman–Crippen MR) is 120 cm³/mol. The average Bonchev–Trinajstić information content (AvgIpc) is 3.13. The number of aromatic nitrogens is 1. The van der Waals surface area contributed by atoms with Gasteiger partial charge in [-0.3, -0.25) is 10.1 Å². The van der Waals surface area contributed by atoms with E-state index in [0.29, 0.717) is 0 Å². The average molecular weight is 388 g/mol. The molecule has 142 valence electrons. The zero-order valence-corrected chi connectivity index (χ0v) is 15.9. The van der Waals surface area contributed by atoms with Gasteiger partial charge in [-0.15, -0.1) is 0 Å². The third kappa shape index (κ3) is 3.09. The van der Waals surface area contributed by atoms with Crippen molar-refractivity contribution in [1.29, 1.82) is 0 Å². The van der Waals surface area contributed by atoms with E-state index in [1.54, 1.807) is 12.1 Å². The predicted octanol–water partition coefficient (Wildman–Crippen LogP) is 6.09. The molecule has 0 aliphatic carbocycles. The topological polar surface area (TPSA) is 48.1 Å². The van der Waals surface area contributed by atoms with Crippen molar-refractivity contribution in [2.75, 3.05) is 0 Å². The minimum atomic E-state index is -0.412. The Balaban J connectivity index is 1.51. The largest absolute Gasteiger partial charge is 0.309 e. The Kier molecular flexibility index (Phi) is 4.27. The molecule has 0 aliphatic rings. The molecule has 0 saturated heterocycles. The first-order valence-electron chi connectivity index (χ1n) is 9.56.